The molecule has 0 bridgehead atoms. The first-order valence-corrected chi connectivity index (χ1v) is 12.1. The quantitative estimate of drug-likeness (QED) is 0.293. The number of rotatable bonds is 9. The van der Waals surface area contributed by atoms with Gasteiger partial charge >= 0.3 is 11.9 Å². The first-order chi connectivity index (χ1) is 18.6. The molecule has 1 amide bonds. The lowest BCUT2D eigenvalue weighted by Gasteiger charge is -2.12. The summed E-state index contributed by atoms with van der Waals surface area (Å²) in [7, 11) is 1.42. The van der Waals surface area contributed by atoms with E-state index in [2.05, 4.69) is 10.4 Å². The highest BCUT2D eigenvalue weighted by atomic mass is 35.5. The minimum atomic E-state index is -4.51. The van der Waals surface area contributed by atoms with E-state index in [1.165, 1.54) is 48.1 Å². The topological polar surface area (TPSA) is 78.2 Å². The second-order valence-corrected chi connectivity index (χ2v) is 9.02. The molecule has 0 aliphatic carbocycles. The summed E-state index contributed by atoms with van der Waals surface area (Å²) < 4.78 is 61.1. The average Bonchev–Trinajstić information content (AvgIpc) is 3.18. The van der Waals surface area contributed by atoms with Gasteiger partial charge in [0.2, 0.25) is 5.91 Å². The first-order valence-electron chi connectivity index (χ1n) is 11.7. The highest BCUT2D eigenvalue weighted by Gasteiger charge is 2.32. The van der Waals surface area contributed by atoms with E-state index in [0.29, 0.717) is 21.9 Å². The number of carbonyl (C=O) groups is 1. The van der Waals surface area contributed by atoms with E-state index in [1.54, 1.807) is 24.3 Å². The molecule has 0 saturated carbocycles. The summed E-state index contributed by atoms with van der Waals surface area (Å²) in [6.45, 7) is -0.616. The number of nitrogens with zero attached hydrogens (tertiary/aromatic N) is 3. The van der Waals surface area contributed by atoms with Crippen LogP contribution in [0.1, 0.15) is 16.7 Å². The summed E-state index contributed by atoms with van der Waals surface area (Å²) in [5.41, 5.74) is -0.479. The number of hydrogen-bond acceptors (Lipinski definition) is 4. The maximum absolute atomic E-state index is 13.8. The van der Waals surface area contributed by atoms with Gasteiger partial charge in [-0.15, -0.1) is 5.10 Å². The van der Waals surface area contributed by atoms with Crippen LogP contribution in [0.2, 0.25) is 5.02 Å². The Labute approximate surface area is 225 Å². The molecular weight excluding hydrogens is 540 g/mol. The minimum Gasteiger partial charge on any atom is -0.496 e. The van der Waals surface area contributed by atoms with Crippen molar-refractivity contribution in [1.29, 1.82) is 0 Å². The average molecular weight is 563 g/mol. The van der Waals surface area contributed by atoms with Crippen LogP contribution < -0.4 is 15.7 Å². The van der Waals surface area contributed by atoms with Gasteiger partial charge in [0, 0.05) is 11.6 Å². The Bertz CT molecular complexity index is 1550. The molecule has 0 atom stereocenters. The predicted molar refractivity (Wildman–Crippen MR) is 137 cm³/mol. The molecule has 0 fully saturated rings. The fourth-order valence-corrected chi connectivity index (χ4v) is 4.26. The third-order valence-corrected chi connectivity index (χ3v) is 6.12. The van der Waals surface area contributed by atoms with Crippen LogP contribution in [0.5, 0.6) is 5.75 Å². The summed E-state index contributed by atoms with van der Waals surface area (Å²) in [6.07, 6.45) is -4.57. The molecule has 4 rings (SSSR count). The number of amides is 1. The summed E-state index contributed by atoms with van der Waals surface area (Å²) in [6, 6.07) is 15.5. The van der Waals surface area contributed by atoms with Crippen molar-refractivity contribution in [1.82, 2.24) is 19.7 Å². The van der Waals surface area contributed by atoms with Crippen LogP contribution in [-0.2, 0) is 30.5 Å². The van der Waals surface area contributed by atoms with E-state index in [9.17, 15) is 27.2 Å². The minimum absolute atomic E-state index is 0.0407. The lowest BCUT2D eigenvalue weighted by atomic mass is 10.0. The number of benzene rings is 3. The van der Waals surface area contributed by atoms with Crippen LogP contribution in [0, 0.1) is 5.82 Å². The van der Waals surface area contributed by atoms with Crippen molar-refractivity contribution in [2.24, 2.45) is 0 Å². The van der Waals surface area contributed by atoms with Gasteiger partial charge in [0.05, 0.1) is 24.8 Å². The van der Waals surface area contributed by atoms with Crippen molar-refractivity contribution in [3.05, 3.63) is 105 Å². The van der Waals surface area contributed by atoms with Crippen molar-refractivity contribution >= 4 is 17.5 Å². The monoisotopic (exact) mass is 562 g/mol. The number of aromatic nitrogens is 3. The van der Waals surface area contributed by atoms with Gasteiger partial charge in [0.25, 0.3) is 0 Å². The highest BCUT2D eigenvalue weighted by Crippen LogP contribution is 2.32. The molecule has 0 aliphatic heterocycles. The van der Waals surface area contributed by atoms with Crippen LogP contribution in [0.15, 0.2) is 71.5 Å². The number of hydrogen-bond donors (Lipinski definition) is 1. The van der Waals surface area contributed by atoms with Crippen LogP contribution in [0.3, 0.4) is 0 Å². The molecule has 4 aromatic rings. The van der Waals surface area contributed by atoms with Crippen LogP contribution in [0.4, 0.5) is 17.6 Å². The Morgan fingerprint density at radius 2 is 1.85 bits per heavy atom. The van der Waals surface area contributed by atoms with Crippen LogP contribution >= 0.6 is 11.6 Å². The Morgan fingerprint density at radius 1 is 1.08 bits per heavy atom. The van der Waals surface area contributed by atoms with Crippen LogP contribution in [-0.4, -0.2) is 33.9 Å². The second kappa shape index (κ2) is 11.7. The summed E-state index contributed by atoms with van der Waals surface area (Å²) in [5.74, 6) is -0.616. The second-order valence-electron chi connectivity index (χ2n) is 8.58. The van der Waals surface area contributed by atoms with Crippen molar-refractivity contribution in [3.63, 3.8) is 0 Å². The Kier molecular flexibility index (Phi) is 8.39. The molecule has 1 N–H and O–H groups in total. The standard InChI is InChI=1S/C27H23ClF4N4O3/c1-39-23-14-19(28)9-10-21(23)25-34-36(26(38)35(25)15-17-5-4-7-20(29)13-17)16-24(37)33-12-11-18-6-2-3-8-22(18)27(30,31)32/h2-10,13-14H,11-12,15-16H2,1H3,(H,33,37). The van der Waals surface area contributed by atoms with Gasteiger partial charge in [-0.2, -0.15) is 13.2 Å². The molecule has 1 aromatic heterocycles. The lowest BCUT2D eigenvalue weighted by molar-refractivity contribution is -0.138. The molecular formula is C27H23ClF4N4O3. The molecule has 7 nitrogen and oxygen atoms in total. The van der Waals surface area contributed by atoms with Crippen molar-refractivity contribution in [2.45, 2.75) is 25.7 Å². The maximum Gasteiger partial charge on any atom is 0.416 e. The molecule has 204 valence electrons. The predicted octanol–water partition coefficient (Wildman–Crippen LogP) is 4.94. The lowest BCUT2D eigenvalue weighted by Crippen LogP contribution is -2.34. The third-order valence-electron chi connectivity index (χ3n) is 5.89. The van der Waals surface area contributed by atoms with E-state index in [0.717, 1.165) is 10.7 Å². The fraction of sp³-hybridized carbons (Fsp3) is 0.222. The van der Waals surface area contributed by atoms with Gasteiger partial charge in [-0.1, -0.05) is 41.9 Å². The molecule has 3 aromatic carbocycles. The van der Waals surface area contributed by atoms with E-state index < -0.39 is 35.7 Å². The van der Waals surface area contributed by atoms with Gasteiger partial charge < -0.3 is 10.1 Å². The smallest absolute Gasteiger partial charge is 0.416 e. The van der Waals surface area contributed by atoms with Crippen molar-refractivity contribution in [3.8, 4) is 17.1 Å². The number of ether oxygens (including phenoxy) is 1. The van der Waals surface area contributed by atoms with E-state index in [-0.39, 0.29) is 30.9 Å². The number of methoxy groups -OCH3 is 1. The van der Waals surface area contributed by atoms with Gasteiger partial charge in [0.1, 0.15) is 18.1 Å². The van der Waals surface area contributed by atoms with Crippen molar-refractivity contribution in [2.75, 3.05) is 13.7 Å². The number of halogens is 5. The molecule has 0 radical (unpaired) electrons. The number of carbonyl (C=O) groups excluding carboxylic acids is 1. The van der Waals surface area contributed by atoms with E-state index in [1.807, 2.05) is 0 Å². The summed E-state index contributed by atoms with van der Waals surface area (Å²) in [5, 5.41) is 7.25. The Morgan fingerprint density at radius 3 is 2.56 bits per heavy atom. The van der Waals surface area contributed by atoms with Crippen LogP contribution in [0.25, 0.3) is 11.4 Å². The SMILES string of the molecule is COc1cc(Cl)ccc1-c1nn(CC(=O)NCCc2ccccc2C(F)(F)F)c(=O)n1Cc1cccc(F)c1. The zero-order chi connectivity index (χ0) is 28.2. The number of nitrogens with one attached hydrogen (secondary N) is 1. The van der Waals surface area contributed by atoms with E-state index >= 15 is 0 Å². The third kappa shape index (κ3) is 6.66. The van der Waals surface area contributed by atoms with Gasteiger partial charge in [0.15, 0.2) is 5.82 Å². The zero-order valence-electron chi connectivity index (χ0n) is 20.6. The van der Waals surface area contributed by atoms with Crippen molar-refractivity contribution < 1.29 is 27.1 Å². The van der Waals surface area contributed by atoms with Gasteiger partial charge in [-0.25, -0.2) is 13.9 Å². The molecule has 0 aliphatic rings. The largest absolute Gasteiger partial charge is 0.496 e. The van der Waals surface area contributed by atoms with Gasteiger partial charge in [-0.3, -0.25) is 9.36 Å². The maximum atomic E-state index is 13.8. The summed E-state index contributed by atoms with van der Waals surface area (Å²) in [4.78, 5) is 25.9. The molecule has 1 heterocycles. The van der Waals surface area contributed by atoms with E-state index in [4.69, 9.17) is 16.3 Å². The molecule has 39 heavy (non-hydrogen) atoms. The molecule has 0 unspecified atom stereocenters. The first kappa shape index (κ1) is 27.9. The summed E-state index contributed by atoms with van der Waals surface area (Å²) >= 11 is 6.07. The Hall–Kier alpha value is -4.12. The highest BCUT2D eigenvalue weighted by molar-refractivity contribution is 6.30. The number of alkyl halides is 3. The fourth-order valence-electron chi connectivity index (χ4n) is 4.10. The molecule has 12 heteroatoms. The molecule has 0 spiro atoms. The molecule has 0 saturated heterocycles. The Balaban J connectivity index is 1.58. The van der Waals surface area contributed by atoms with Gasteiger partial charge in [-0.05, 0) is 53.9 Å². The zero-order valence-corrected chi connectivity index (χ0v) is 21.4. The normalized spacial score (nSPS) is 11.4.